The summed E-state index contributed by atoms with van der Waals surface area (Å²) in [6.07, 6.45) is 1.73. The van der Waals surface area contributed by atoms with Gasteiger partial charge in [-0.3, -0.25) is 14.2 Å². The van der Waals surface area contributed by atoms with E-state index in [0.717, 1.165) is 18.4 Å². The van der Waals surface area contributed by atoms with Crippen LogP contribution in [0, 0.1) is 19.7 Å². The molecule has 0 bridgehead atoms. The first-order valence-electron chi connectivity index (χ1n) is 11.7. The summed E-state index contributed by atoms with van der Waals surface area (Å²) >= 11 is 8.02. The second-order valence-electron chi connectivity index (χ2n) is 8.88. The lowest BCUT2D eigenvalue weighted by Crippen LogP contribution is -2.31. The van der Waals surface area contributed by atoms with Gasteiger partial charge in [-0.1, -0.05) is 23.7 Å². The summed E-state index contributed by atoms with van der Waals surface area (Å²) in [5.74, 6) is -0.501. The van der Waals surface area contributed by atoms with Crippen LogP contribution in [-0.4, -0.2) is 30.6 Å². The van der Waals surface area contributed by atoms with Gasteiger partial charge in [-0.2, -0.15) is 0 Å². The Hall–Kier alpha value is -3.21. The maximum Gasteiger partial charge on any atom is 0.259 e. The number of carbonyl (C=O) groups is 1. The lowest BCUT2D eigenvalue weighted by Gasteiger charge is -2.23. The van der Waals surface area contributed by atoms with Crippen LogP contribution >= 0.6 is 23.7 Å². The van der Waals surface area contributed by atoms with Gasteiger partial charge in [0.15, 0.2) is 5.75 Å². The van der Waals surface area contributed by atoms with Gasteiger partial charge in [0.1, 0.15) is 28.0 Å². The molecule has 8 nitrogen and oxygen atoms in total. The van der Waals surface area contributed by atoms with E-state index in [9.17, 15) is 14.0 Å². The van der Waals surface area contributed by atoms with Crippen molar-refractivity contribution in [2.24, 2.45) is 7.05 Å². The average Bonchev–Trinajstić information content (AvgIpc) is 3.67. The fourth-order valence-electron chi connectivity index (χ4n) is 3.85. The standard InChI is InChI=1S/C26H29ClFN5O3S/c1-14-9-12-18(17(28)13-14)31-24-21(25(34)30-16-10-11-16)23(15(2)26(35)32(24)4)36-20-8-6-7-19(22(20)27)33(5)37-29-3/h6-9,12-13,16,29,31H,10-11H2,1-5H3,(H,30,34). The normalized spacial score (nSPS) is 12.8. The van der Waals surface area contributed by atoms with Gasteiger partial charge in [0.25, 0.3) is 11.5 Å². The molecule has 0 radical (unpaired) electrons. The van der Waals surface area contributed by atoms with Crippen LogP contribution in [0.2, 0.25) is 5.02 Å². The van der Waals surface area contributed by atoms with Crippen LogP contribution in [0.25, 0.3) is 0 Å². The number of amides is 1. The summed E-state index contributed by atoms with van der Waals surface area (Å²) in [5.41, 5.74) is 1.45. The zero-order valence-corrected chi connectivity index (χ0v) is 22.8. The van der Waals surface area contributed by atoms with Crippen molar-refractivity contribution >= 4 is 46.8 Å². The Balaban J connectivity index is 1.87. The highest BCUT2D eigenvalue weighted by Gasteiger charge is 2.31. The zero-order chi connectivity index (χ0) is 26.9. The second kappa shape index (κ2) is 11.0. The van der Waals surface area contributed by atoms with Gasteiger partial charge < -0.3 is 19.7 Å². The topological polar surface area (TPSA) is 87.6 Å². The molecule has 1 aliphatic rings. The molecule has 3 aromatic rings. The molecule has 4 rings (SSSR count). The van der Waals surface area contributed by atoms with Crippen molar-refractivity contribution in [3.8, 4) is 11.5 Å². The van der Waals surface area contributed by atoms with E-state index in [1.165, 1.54) is 29.8 Å². The predicted octanol–water partition coefficient (Wildman–Crippen LogP) is 5.44. The number of benzene rings is 2. The highest BCUT2D eigenvalue weighted by Crippen LogP contribution is 2.41. The van der Waals surface area contributed by atoms with Crippen molar-refractivity contribution in [2.75, 3.05) is 23.7 Å². The molecule has 1 amide bonds. The summed E-state index contributed by atoms with van der Waals surface area (Å²) in [6, 6.07) is 9.98. The fourth-order valence-corrected chi connectivity index (χ4v) is 4.71. The molecule has 1 fully saturated rings. The van der Waals surface area contributed by atoms with Gasteiger partial charge in [0.05, 0.1) is 16.9 Å². The molecule has 1 saturated carbocycles. The minimum absolute atomic E-state index is 0.0426. The molecule has 0 atom stereocenters. The summed E-state index contributed by atoms with van der Waals surface area (Å²) in [5, 5.41) is 6.23. The van der Waals surface area contributed by atoms with E-state index in [1.54, 1.807) is 45.2 Å². The molecule has 1 heterocycles. The first-order valence-corrected chi connectivity index (χ1v) is 12.9. The largest absolute Gasteiger partial charge is 0.454 e. The van der Waals surface area contributed by atoms with Crippen LogP contribution in [0.4, 0.5) is 21.6 Å². The number of ether oxygens (including phenoxy) is 1. The third-order valence-electron chi connectivity index (χ3n) is 6.00. The van der Waals surface area contributed by atoms with Crippen LogP contribution in [0.5, 0.6) is 11.5 Å². The van der Waals surface area contributed by atoms with Gasteiger partial charge >= 0.3 is 0 Å². The van der Waals surface area contributed by atoms with E-state index in [0.29, 0.717) is 10.7 Å². The monoisotopic (exact) mass is 545 g/mol. The number of hydrogen-bond acceptors (Lipinski definition) is 7. The zero-order valence-electron chi connectivity index (χ0n) is 21.2. The molecule has 1 aliphatic carbocycles. The van der Waals surface area contributed by atoms with Gasteiger partial charge in [-0.25, -0.2) is 9.11 Å². The van der Waals surface area contributed by atoms with Crippen molar-refractivity contribution in [3.05, 3.63) is 74.3 Å². The Morgan fingerprint density at radius 2 is 1.97 bits per heavy atom. The van der Waals surface area contributed by atoms with Crippen LogP contribution in [-0.2, 0) is 7.05 Å². The maximum atomic E-state index is 14.8. The fraction of sp³-hybridized carbons (Fsp3) is 0.308. The molecule has 0 aliphatic heterocycles. The number of nitrogens with one attached hydrogen (secondary N) is 3. The quantitative estimate of drug-likeness (QED) is 0.308. The molecule has 37 heavy (non-hydrogen) atoms. The lowest BCUT2D eigenvalue weighted by molar-refractivity contribution is 0.0948. The summed E-state index contributed by atoms with van der Waals surface area (Å²) < 4.78 is 27.1. The van der Waals surface area contributed by atoms with E-state index < -0.39 is 17.3 Å². The molecule has 1 aromatic heterocycles. The van der Waals surface area contributed by atoms with Crippen molar-refractivity contribution < 1.29 is 13.9 Å². The number of aryl methyl sites for hydroxylation is 1. The molecule has 0 saturated heterocycles. The van der Waals surface area contributed by atoms with Crippen molar-refractivity contribution in [2.45, 2.75) is 32.7 Å². The Morgan fingerprint density at radius 3 is 2.62 bits per heavy atom. The summed E-state index contributed by atoms with van der Waals surface area (Å²) in [6.45, 7) is 3.36. The highest BCUT2D eigenvalue weighted by molar-refractivity contribution is 7.98. The molecule has 0 unspecified atom stereocenters. The Bertz CT molecular complexity index is 1410. The van der Waals surface area contributed by atoms with E-state index in [4.69, 9.17) is 16.3 Å². The first kappa shape index (κ1) is 26.8. The van der Waals surface area contributed by atoms with Crippen molar-refractivity contribution in [1.29, 1.82) is 0 Å². The van der Waals surface area contributed by atoms with Crippen LogP contribution in [0.15, 0.2) is 41.2 Å². The van der Waals surface area contributed by atoms with E-state index in [-0.39, 0.29) is 40.2 Å². The highest BCUT2D eigenvalue weighted by atomic mass is 35.5. The van der Waals surface area contributed by atoms with Crippen LogP contribution in [0.1, 0.15) is 34.3 Å². The number of halogens is 2. The summed E-state index contributed by atoms with van der Waals surface area (Å²) in [7, 11) is 5.15. The molecule has 11 heteroatoms. The number of carbonyl (C=O) groups excluding carboxylic acids is 1. The molecule has 196 valence electrons. The smallest absolute Gasteiger partial charge is 0.259 e. The number of anilines is 3. The number of hydrogen-bond donors (Lipinski definition) is 3. The van der Waals surface area contributed by atoms with E-state index in [1.807, 2.05) is 17.4 Å². The number of pyridine rings is 1. The molecule has 0 spiro atoms. The number of rotatable bonds is 9. The number of aromatic nitrogens is 1. The Kier molecular flexibility index (Phi) is 8.01. The van der Waals surface area contributed by atoms with Gasteiger partial charge in [0.2, 0.25) is 0 Å². The SMILES string of the molecule is CNSN(C)c1cccc(Oc2c(C(=O)NC3CC3)c(Nc3ccc(C)cc3F)n(C)c(=O)c2C)c1Cl. The first-order chi connectivity index (χ1) is 17.6. The van der Waals surface area contributed by atoms with Crippen molar-refractivity contribution in [1.82, 2.24) is 14.6 Å². The van der Waals surface area contributed by atoms with Crippen molar-refractivity contribution in [3.63, 3.8) is 0 Å². The van der Waals surface area contributed by atoms with Crippen LogP contribution < -0.4 is 30.0 Å². The molecule has 2 aromatic carbocycles. The Labute approximate surface area is 224 Å². The summed E-state index contributed by atoms with van der Waals surface area (Å²) in [4.78, 5) is 26.8. The van der Waals surface area contributed by atoms with Gasteiger partial charge in [-0.15, -0.1) is 0 Å². The second-order valence-corrected chi connectivity index (χ2v) is 10.4. The van der Waals surface area contributed by atoms with E-state index in [2.05, 4.69) is 15.4 Å². The maximum absolute atomic E-state index is 14.8. The van der Waals surface area contributed by atoms with Gasteiger partial charge in [0, 0.05) is 32.3 Å². The third-order valence-corrected chi connectivity index (χ3v) is 7.04. The van der Waals surface area contributed by atoms with Crippen LogP contribution in [0.3, 0.4) is 0 Å². The molecule has 3 N–H and O–H groups in total. The minimum atomic E-state index is -0.509. The lowest BCUT2D eigenvalue weighted by atomic mass is 10.1. The predicted molar refractivity (Wildman–Crippen MR) is 148 cm³/mol. The third kappa shape index (κ3) is 5.71. The molecular weight excluding hydrogens is 517 g/mol. The van der Waals surface area contributed by atoms with Gasteiger partial charge in [-0.05, 0) is 63.6 Å². The number of nitrogens with zero attached hydrogens (tertiary/aromatic N) is 2. The Morgan fingerprint density at radius 1 is 1.24 bits per heavy atom. The average molecular weight is 546 g/mol. The minimum Gasteiger partial charge on any atom is -0.454 e. The molecular formula is C26H29ClFN5O3S. The van der Waals surface area contributed by atoms with E-state index >= 15 is 0 Å².